The summed E-state index contributed by atoms with van der Waals surface area (Å²) in [7, 11) is 1.97. The molecular weight excluding hydrogens is 459 g/mol. The first-order chi connectivity index (χ1) is 12.6. The lowest BCUT2D eigenvalue weighted by Gasteiger charge is -2.36. The maximum absolute atomic E-state index is 5.15. The van der Waals surface area contributed by atoms with Gasteiger partial charge in [-0.2, -0.15) is 0 Å². The lowest BCUT2D eigenvalue weighted by atomic mass is 10.3. The van der Waals surface area contributed by atoms with Gasteiger partial charge < -0.3 is 19.3 Å². The van der Waals surface area contributed by atoms with Gasteiger partial charge in [-0.1, -0.05) is 5.16 Å². The summed E-state index contributed by atoms with van der Waals surface area (Å²) in [4.78, 5) is 9.45. The van der Waals surface area contributed by atoms with Crippen molar-refractivity contribution in [3.05, 3.63) is 29.2 Å². The highest BCUT2D eigenvalue weighted by atomic mass is 127. The molecule has 0 unspecified atom stereocenters. The van der Waals surface area contributed by atoms with Gasteiger partial charge in [0.1, 0.15) is 18.1 Å². The standard InChI is InChI=1S/C17H28N8O.HI/c1-5-18-17(19-11-16-21-20-14(3)23(16)4)25-8-6-24(7-9-25)12-15-10-13(2)26-22-15;/h10H,5-9,11-12H2,1-4H3,(H,18,19);1H. The largest absolute Gasteiger partial charge is 0.361 e. The number of piperazine rings is 1. The zero-order chi connectivity index (χ0) is 18.5. The highest BCUT2D eigenvalue weighted by Crippen LogP contribution is 2.10. The van der Waals surface area contributed by atoms with Gasteiger partial charge in [-0.3, -0.25) is 4.90 Å². The molecule has 2 aromatic heterocycles. The third kappa shape index (κ3) is 5.64. The maximum atomic E-state index is 5.15. The number of aryl methyl sites for hydroxylation is 2. The van der Waals surface area contributed by atoms with E-state index in [1.165, 1.54) is 0 Å². The average molecular weight is 488 g/mol. The summed E-state index contributed by atoms with van der Waals surface area (Å²) >= 11 is 0. The first kappa shape index (κ1) is 21.6. The Kier molecular flexibility index (Phi) is 8.02. The van der Waals surface area contributed by atoms with Gasteiger partial charge in [-0.15, -0.1) is 34.2 Å². The molecule has 0 aromatic carbocycles. The lowest BCUT2D eigenvalue weighted by molar-refractivity contribution is 0.169. The first-order valence-corrected chi connectivity index (χ1v) is 9.09. The molecule has 1 saturated heterocycles. The van der Waals surface area contributed by atoms with Crippen molar-refractivity contribution >= 4 is 29.9 Å². The summed E-state index contributed by atoms with van der Waals surface area (Å²) in [5.74, 6) is 3.57. The van der Waals surface area contributed by atoms with Gasteiger partial charge >= 0.3 is 0 Å². The average Bonchev–Trinajstić information content (AvgIpc) is 3.19. The maximum Gasteiger partial charge on any atom is 0.194 e. The molecule has 10 heteroatoms. The molecule has 0 atom stereocenters. The molecule has 0 saturated carbocycles. The minimum atomic E-state index is 0. The van der Waals surface area contributed by atoms with Crippen LogP contribution in [0, 0.1) is 13.8 Å². The molecule has 3 heterocycles. The van der Waals surface area contributed by atoms with E-state index in [0.29, 0.717) is 6.54 Å². The van der Waals surface area contributed by atoms with E-state index < -0.39 is 0 Å². The Labute approximate surface area is 177 Å². The summed E-state index contributed by atoms with van der Waals surface area (Å²) in [5.41, 5.74) is 0.995. The molecule has 150 valence electrons. The van der Waals surface area contributed by atoms with Gasteiger partial charge in [-0.25, -0.2) is 4.99 Å². The van der Waals surface area contributed by atoms with Crippen molar-refractivity contribution in [3.63, 3.8) is 0 Å². The molecule has 27 heavy (non-hydrogen) atoms. The lowest BCUT2D eigenvalue weighted by Crippen LogP contribution is -2.52. The Morgan fingerprint density at radius 2 is 1.96 bits per heavy atom. The number of rotatable bonds is 5. The fraction of sp³-hybridized carbons (Fsp3) is 0.647. The number of hydrogen-bond donors (Lipinski definition) is 1. The number of aromatic nitrogens is 4. The van der Waals surface area contributed by atoms with Crippen LogP contribution in [0.3, 0.4) is 0 Å². The van der Waals surface area contributed by atoms with E-state index in [4.69, 9.17) is 9.52 Å². The molecule has 2 aromatic rings. The number of aliphatic imine (C=N–C) groups is 1. The number of nitrogens with one attached hydrogen (secondary N) is 1. The minimum absolute atomic E-state index is 0. The molecule has 0 spiro atoms. The summed E-state index contributed by atoms with van der Waals surface area (Å²) in [5, 5.41) is 15.8. The molecule has 0 amide bonds. The Hall–Kier alpha value is -1.69. The fourth-order valence-electron chi connectivity index (χ4n) is 3.00. The van der Waals surface area contributed by atoms with E-state index in [-0.39, 0.29) is 24.0 Å². The number of halogens is 1. The quantitative estimate of drug-likeness (QED) is 0.386. The van der Waals surface area contributed by atoms with Gasteiger partial charge in [0.05, 0.1) is 5.69 Å². The van der Waals surface area contributed by atoms with Gasteiger partial charge in [0.25, 0.3) is 0 Å². The van der Waals surface area contributed by atoms with Crippen LogP contribution in [-0.4, -0.2) is 68.4 Å². The third-order valence-electron chi connectivity index (χ3n) is 4.62. The van der Waals surface area contributed by atoms with Gasteiger partial charge in [0.15, 0.2) is 11.8 Å². The number of guanidine groups is 1. The zero-order valence-corrected chi connectivity index (χ0v) is 18.8. The van der Waals surface area contributed by atoms with Crippen LogP contribution in [0.4, 0.5) is 0 Å². The zero-order valence-electron chi connectivity index (χ0n) is 16.5. The number of nitrogens with zero attached hydrogens (tertiary/aromatic N) is 7. The molecule has 1 aliphatic heterocycles. The van der Waals surface area contributed by atoms with Crippen molar-refractivity contribution in [1.29, 1.82) is 0 Å². The van der Waals surface area contributed by atoms with Crippen LogP contribution >= 0.6 is 24.0 Å². The van der Waals surface area contributed by atoms with Crippen molar-refractivity contribution in [2.24, 2.45) is 12.0 Å². The number of hydrogen-bond acceptors (Lipinski definition) is 6. The van der Waals surface area contributed by atoms with Gasteiger partial charge in [-0.05, 0) is 20.8 Å². The fourth-order valence-corrected chi connectivity index (χ4v) is 3.00. The summed E-state index contributed by atoms with van der Waals surface area (Å²) in [6.45, 7) is 12.0. The molecule has 0 aliphatic carbocycles. The summed E-state index contributed by atoms with van der Waals surface area (Å²) in [6.07, 6.45) is 0. The Balaban J connectivity index is 0.00000261. The van der Waals surface area contributed by atoms with Crippen LogP contribution < -0.4 is 5.32 Å². The van der Waals surface area contributed by atoms with Gasteiger partial charge in [0.2, 0.25) is 0 Å². The monoisotopic (exact) mass is 488 g/mol. The van der Waals surface area contributed by atoms with Crippen LogP contribution in [0.5, 0.6) is 0 Å². The molecule has 0 radical (unpaired) electrons. The molecule has 1 fully saturated rings. The smallest absolute Gasteiger partial charge is 0.194 e. The van der Waals surface area contributed by atoms with E-state index in [2.05, 4.69) is 37.4 Å². The first-order valence-electron chi connectivity index (χ1n) is 9.09. The van der Waals surface area contributed by atoms with E-state index in [1.807, 2.05) is 31.5 Å². The molecule has 3 rings (SSSR count). The predicted molar refractivity (Wildman–Crippen MR) is 114 cm³/mol. The molecular formula is C17H29IN8O. The van der Waals surface area contributed by atoms with Crippen LogP contribution in [0.25, 0.3) is 0 Å². The van der Waals surface area contributed by atoms with E-state index in [1.54, 1.807) is 0 Å². The normalized spacial score (nSPS) is 15.7. The van der Waals surface area contributed by atoms with Crippen molar-refractivity contribution < 1.29 is 4.52 Å². The molecule has 1 N–H and O–H groups in total. The SMILES string of the molecule is CCNC(=NCc1nnc(C)n1C)N1CCN(Cc2cc(C)on2)CC1.I. The third-order valence-corrected chi connectivity index (χ3v) is 4.62. The minimum Gasteiger partial charge on any atom is -0.361 e. The van der Waals surface area contributed by atoms with Crippen LogP contribution in [0.2, 0.25) is 0 Å². The van der Waals surface area contributed by atoms with Crippen LogP contribution in [0.1, 0.15) is 30.0 Å². The second-order valence-electron chi connectivity index (χ2n) is 6.58. The summed E-state index contributed by atoms with van der Waals surface area (Å²) < 4.78 is 7.13. The predicted octanol–water partition coefficient (Wildman–Crippen LogP) is 1.32. The molecule has 9 nitrogen and oxygen atoms in total. The van der Waals surface area contributed by atoms with Crippen LogP contribution in [0.15, 0.2) is 15.6 Å². The molecule has 1 aliphatic rings. The van der Waals surface area contributed by atoms with Crippen LogP contribution in [-0.2, 0) is 20.1 Å². The second-order valence-corrected chi connectivity index (χ2v) is 6.58. The topological polar surface area (TPSA) is 87.6 Å². The highest BCUT2D eigenvalue weighted by Gasteiger charge is 2.20. The Morgan fingerprint density at radius 1 is 1.22 bits per heavy atom. The van der Waals surface area contributed by atoms with Crippen molar-refractivity contribution in [2.45, 2.75) is 33.9 Å². The molecule has 0 bridgehead atoms. The van der Waals surface area contributed by atoms with Crippen molar-refractivity contribution in [1.82, 2.24) is 35.0 Å². The summed E-state index contributed by atoms with van der Waals surface area (Å²) in [6, 6.07) is 2.00. The second kappa shape index (κ2) is 10.0. The Morgan fingerprint density at radius 3 is 2.52 bits per heavy atom. The van der Waals surface area contributed by atoms with Crippen molar-refractivity contribution in [3.8, 4) is 0 Å². The Bertz CT molecular complexity index is 748. The highest BCUT2D eigenvalue weighted by molar-refractivity contribution is 14.0. The van der Waals surface area contributed by atoms with E-state index >= 15 is 0 Å². The van der Waals surface area contributed by atoms with Crippen molar-refractivity contribution in [2.75, 3.05) is 32.7 Å². The van der Waals surface area contributed by atoms with Gasteiger partial charge in [0, 0.05) is 52.4 Å². The van der Waals surface area contributed by atoms with E-state index in [9.17, 15) is 0 Å². The van der Waals surface area contributed by atoms with E-state index in [0.717, 1.165) is 68.3 Å².